The van der Waals surface area contributed by atoms with Gasteiger partial charge in [-0.15, -0.1) is 0 Å². The van der Waals surface area contributed by atoms with Crippen LogP contribution in [-0.4, -0.2) is 47.1 Å². The van der Waals surface area contributed by atoms with E-state index in [0.717, 1.165) is 38.1 Å². The zero-order chi connectivity index (χ0) is 15.4. The Morgan fingerprint density at radius 3 is 2.67 bits per heavy atom. The van der Waals surface area contributed by atoms with E-state index in [1.54, 1.807) is 0 Å². The van der Waals surface area contributed by atoms with Crippen molar-refractivity contribution in [1.82, 2.24) is 4.90 Å². The lowest BCUT2D eigenvalue weighted by atomic mass is 10.2. The summed E-state index contributed by atoms with van der Waals surface area (Å²) in [5.41, 5.74) is -0.667. The number of nitro groups is 1. The number of hydrogen-bond acceptors (Lipinski definition) is 5. The highest BCUT2D eigenvalue weighted by molar-refractivity contribution is 6.32. The largest absolute Gasteiger partial charge is 0.490 e. The molecule has 0 saturated carbocycles. The minimum atomic E-state index is -1.31. The molecule has 0 aliphatic carbocycles. The Morgan fingerprint density at radius 2 is 2.10 bits per heavy atom. The number of aromatic carboxylic acids is 1. The fourth-order valence-electron chi connectivity index (χ4n) is 2.27. The maximum absolute atomic E-state index is 11.2. The van der Waals surface area contributed by atoms with Gasteiger partial charge in [-0.3, -0.25) is 15.0 Å². The summed E-state index contributed by atoms with van der Waals surface area (Å²) in [5, 5.41) is 19.8. The van der Waals surface area contributed by atoms with Gasteiger partial charge in [-0.1, -0.05) is 11.6 Å². The second kappa shape index (κ2) is 6.73. The third kappa shape index (κ3) is 3.83. The Hall–Kier alpha value is -1.86. The molecule has 21 heavy (non-hydrogen) atoms. The fraction of sp³-hybridized carbons (Fsp3) is 0.462. The minimum Gasteiger partial charge on any atom is -0.490 e. The minimum absolute atomic E-state index is 0.0195. The first-order valence-electron chi connectivity index (χ1n) is 6.55. The molecule has 1 aliphatic heterocycles. The van der Waals surface area contributed by atoms with Gasteiger partial charge in [0.15, 0.2) is 5.75 Å². The number of ether oxygens (including phenoxy) is 1. The molecule has 2 rings (SSSR count). The lowest BCUT2D eigenvalue weighted by molar-refractivity contribution is -0.384. The van der Waals surface area contributed by atoms with Crippen molar-refractivity contribution in [2.24, 2.45) is 0 Å². The van der Waals surface area contributed by atoms with E-state index in [9.17, 15) is 14.9 Å². The van der Waals surface area contributed by atoms with E-state index in [2.05, 4.69) is 4.90 Å². The van der Waals surface area contributed by atoms with E-state index in [-0.39, 0.29) is 28.6 Å². The Morgan fingerprint density at radius 1 is 1.43 bits per heavy atom. The monoisotopic (exact) mass is 314 g/mol. The molecule has 0 aromatic heterocycles. The highest BCUT2D eigenvalue weighted by Crippen LogP contribution is 2.33. The molecule has 0 amide bonds. The second-order valence-corrected chi connectivity index (χ2v) is 5.17. The maximum Gasteiger partial charge on any atom is 0.339 e. The molecule has 0 atom stereocenters. The fourth-order valence-corrected chi connectivity index (χ4v) is 2.54. The van der Waals surface area contributed by atoms with Crippen molar-refractivity contribution in [2.75, 3.05) is 26.2 Å². The third-order valence-electron chi connectivity index (χ3n) is 3.32. The zero-order valence-electron chi connectivity index (χ0n) is 11.2. The van der Waals surface area contributed by atoms with Crippen LogP contribution >= 0.6 is 11.6 Å². The number of nitrogens with zero attached hydrogens (tertiary/aromatic N) is 2. The smallest absolute Gasteiger partial charge is 0.339 e. The average molecular weight is 315 g/mol. The van der Waals surface area contributed by atoms with Gasteiger partial charge in [-0.2, -0.15) is 0 Å². The average Bonchev–Trinajstić information content (AvgIpc) is 2.92. The Kier molecular flexibility index (Phi) is 4.98. The first-order chi connectivity index (χ1) is 9.99. The second-order valence-electron chi connectivity index (χ2n) is 4.76. The van der Waals surface area contributed by atoms with Crippen molar-refractivity contribution in [3.05, 3.63) is 32.8 Å². The van der Waals surface area contributed by atoms with E-state index < -0.39 is 10.9 Å². The molecule has 0 bridgehead atoms. The Bertz CT molecular complexity index is 558. The number of carbonyl (C=O) groups is 1. The quantitative estimate of drug-likeness (QED) is 0.640. The number of carboxylic acids is 1. The summed E-state index contributed by atoms with van der Waals surface area (Å²) in [4.78, 5) is 23.5. The normalized spacial score (nSPS) is 15.1. The van der Waals surface area contributed by atoms with Crippen LogP contribution in [0.1, 0.15) is 23.2 Å². The van der Waals surface area contributed by atoms with Crippen LogP contribution in [0.3, 0.4) is 0 Å². The van der Waals surface area contributed by atoms with E-state index >= 15 is 0 Å². The van der Waals surface area contributed by atoms with Gasteiger partial charge in [0.2, 0.25) is 0 Å². The van der Waals surface area contributed by atoms with E-state index in [1.807, 2.05) is 0 Å². The number of non-ortho nitro benzene ring substituents is 1. The van der Waals surface area contributed by atoms with Gasteiger partial charge in [0.05, 0.1) is 9.95 Å². The third-order valence-corrected chi connectivity index (χ3v) is 3.60. The number of hydrogen-bond donors (Lipinski definition) is 1. The summed E-state index contributed by atoms with van der Waals surface area (Å²) in [6.45, 7) is 2.97. The van der Waals surface area contributed by atoms with Gasteiger partial charge in [-0.05, 0) is 25.9 Å². The highest BCUT2D eigenvalue weighted by Gasteiger charge is 2.21. The summed E-state index contributed by atoms with van der Waals surface area (Å²) in [6.07, 6.45) is 2.30. The zero-order valence-corrected chi connectivity index (χ0v) is 12.0. The number of benzene rings is 1. The molecule has 0 radical (unpaired) electrons. The summed E-state index contributed by atoms with van der Waals surface area (Å²) >= 11 is 5.91. The van der Waals surface area contributed by atoms with Crippen LogP contribution in [0, 0.1) is 10.1 Å². The summed E-state index contributed by atoms with van der Waals surface area (Å²) in [7, 11) is 0. The highest BCUT2D eigenvalue weighted by atomic mass is 35.5. The molecule has 1 aliphatic rings. The van der Waals surface area contributed by atoms with E-state index in [1.165, 1.54) is 0 Å². The summed E-state index contributed by atoms with van der Waals surface area (Å²) in [5.74, 6) is -1.33. The summed E-state index contributed by atoms with van der Waals surface area (Å²) < 4.78 is 5.45. The predicted molar refractivity (Wildman–Crippen MR) is 76.2 cm³/mol. The van der Waals surface area contributed by atoms with Crippen LogP contribution in [0.4, 0.5) is 5.69 Å². The molecular weight excluding hydrogens is 300 g/mol. The molecule has 7 nitrogen and oxygen atoms in total. The lowest BCUT2D eigenvalue weighted by Crippen LogP contribution is -2.25. The molecule has 1 fully saturated rings. The number of nitro benzene ring substituents is 1. The topological polar surface area (TPSA) is 92.9 Å². The molecule has 1 aromatic carbocycles. The van der Waals surface area contributed by atoms with Crippen LogP contribution in [0.15, 0.2) is 12.1 Å². The maximum atomic E-state index is 11.2. The van der Waals surface area contributed by atoms with Crippen molar-refractivity contribution in [3.8, 4) is 5.75 Å². The van der Waals surface area contributed by atoms with Crippen molar-refractivity contribution >= 4 is 23.3 Å². The molecule has 1 aromatic rings. The molecule has 1 heterocycles. The van der Waals surface area contributed by atoms with Gasteiger partial charge < -0.3 is 9.84 Å². The van der Waals surface area contributed by atoms with E-state index in [4.69, 9.17) is 21.4 Å². The van der Waals surface area contributed by atoms with Crippen LogP contribution in [0.2, 0.25) is 5.02 Å². The molecule has 0 unspecified atom stereocenters. The molecule has 114 valence electrons. The number of likely N-dealkylation sites (tertiary alicyclic amines) is 1. The Balaban J connectivity index is 2.13. The van der Waals surface area contributed by atoms with Crippen LogP contribution in [0.5, 0.6) is 5.75 Å². The number of rotatable bonds is 6. The first-order valence-corrected chi connectivity index (χ1v) is 6.93. The van der Waals surface area contributed by atoms with E-state index in [0.29, 0.717) is 6.54 Å². The molecule has 0 spiro atoms. The van der Waals surface area contributed by atoms with Gasteiger partial charge in [0.25, 0.3) is 5.69 Å². The first kappa shape index (κ1) is 15.5. The van der Waals surface area contributed by atoms with Crippen molar-refractivity contribution < 1.29 is 19.6 Å². The van der Waals surface area contributed by atoms with Crippen molar-refractivity contribution in [2.45, 2.75) is 12.8 Å². The molecule has 1 saturated heterocycles. The molecule has 1 N–H and O–H groups in total. The van der Waals surface area contributed by atoms with Crippen molar-refractivity contribution in [1.29, 1.82) is 0 Å². The SMILES string of the molecule is O=C(O)c1cc([N+](=O)[O-])cc(Cl)c1OCCN1CCCC1. The molecular formula is C13H15ClN2O5. The number of halogens is 1. The van der Waals surface area contributed by atoms with Gasteiger partial charge >= 0.3 is 5.97 Å². The van der Waals surface area contributed by atoms with Gasteiger partial charge in [-0.25, -0.2) is 4.79 Å². The lowest BCUT2D eigenvalue weighted by Gasteiger charge is -2.16. The van der Waals surface area contributed by atoms with Crippen LogP contribution < -0.4 is 4.74 Å². The summed E-state index contributed by atoms with van der Waals surface area (Å²) in [6, 6.07) is 2.05. The Labute approximate surface area is 126 Å². The standard InChI is InChI=1S/C13H15ClN2O5/c14-11-8-9(16(19)20)7-10(13(17)18)12(11)21-6-5-15-3-1-2-4-15/h7-8H,1-6H2,(H,17,18). The van der Waals surface area contributed by atoms with Crippen molar-refractivity contribution in [3.63, 3.8) is 0 Å². The number of carboxylic acid groups (broad SMARTS) is 1. The predicted octanol–water partition coefficient (Wildman–Crippen LogP) is 2.42. The van der Waals surface area contributed by atoms with Gasteiger partial charge in [0, 0.05) is 18.7 Å². The van der Waals surface area contributed by atoms with Crippen LogP contribution in [-0.2, 0) is 0 Å². The molecule has 8 heteroatoms. The van der Waals surface area contributed by atoms with Crippen LogP contribution in [0.25, 0.3) is 0 Å². The van der Waals surface area contributed by atoms with Gasteiger partial charge in [0.1, 0.15) is 12.2 Å².